The summed E-state index contributed by atoms with van der Waals surface area (Å²) in [6.07, 6.45) is 3.48. The summed E-state index contributed by atoms with van der Waals surface area (Å²) in [5, 5.41) is 9.09. The Kier molecular flexibility index (Phi) is 2.85. The highest BCUT2D eigenvalue weighted by Gasteiger charge is 2.12. The van der Waals surface area contributed by atoms with Crippen LogP contribution in [0.1, 0.15) is 23.1 Å². The van der Waals surface area contributed by atoms with Crippen molar-refractivity contribution in [1.29, 1.82) is 5.26 Å². The average Bonchev–Trinajstić information content (AvgIpc) is 2.88. The summed E-state index contributed by atoms with van der Waals surface area (Å²) in [6, 6.07) is 13.3. The molecule has 0 saturated carbocycles. The minimum Gasteiger partial charge on any atom is -0.456 e. The van der Waals surface area contributed by atoms with Gasteiger partial charge in [-0.25, -0.2) is 0 Å². The van der Waals surface area contributed by atoms with Crippen molar-refractivity contribution in [2.24, 2.45) is 0 Å². The summed E-state index contributed by atoms with van der Waals surface area (Å²) in [6.45, 7) is 0. The number of hydrogen-bond acceptors (Lipinski definition) is 3. The highest BCUT2D eigenvalue weighted by Crippen LogP contribution is 2.30. The van der Waals surface area contributed by atoms with Gasteiger partial charge < -0.3 is 10.5 Å². The summed E-state index contributed by atoms with van der Waals surface area (Å²) in [4.78, 5) is 0. The van der Waals surface area contributed by atoms with Crippen LogP contribution >= 0.6 is 0 Å². The van der Waals surface area contributed by atoms with Crippen LogP contribution in [0.2, 0.25) is 0 Å². The summed E-state index contributed by atoms with van der Waals surface area (Å²) >= 11 is 0. The lowest BCUT2D eigenvalue weighted by Crippen LogP contribution is -1.92. The maximum absolute atomic E-state index is 9.09. The molecule has 3 rings (SSSR count). The Morgan fingerprint density at radius 3 is 2.74 bits per heavy atom. The van der Waals surface area contributed by atoms with E-state index < -0.39 is 0 Å². The molecule has 0 atom stereocenters. The molecule has 0 heterocycles. The molecule has 0 bridgehead atoms. The fourth-order valence-corrected chi connectivity index (χ4v) is 2.46. The van der Waals surface area contributed by atoms with Gasteiger partial charge in [0.05, 0.1) is 5.56 Å². The average molecular weight is 250 g/mol. The van der Waals surface area contributed by atoms with E-state index in [1.54, 1.807) is 18.2 Å². The van der Waals surface area contributed by atoms with Gasteiger partial charge in [-0.1, -0.05) is 6.07 Å². The molecule has 19 heavy (non-hydrogen) atoms. The predicted octanol–water partition coefficient (Wildman–Crippen LogP) is 3.42. The van der Waals surface area contributed by atoms with Crippen LogP contribution in [-0.2, 0) is 12.8 Å². The molecule has 0 radical (unpaired) electrons. The first-order valence-electron chi connectivity index (χ1n) is 6.35. The Balaban J connectivity index is 1.92. The van der Waals surface area contributed by atoms with Gasteiger partial charge in [0.2, 0.25) is 0 Å². The predicted molar refractivity (Wildman–Crippen MR) is 74.1 cm³/mol. The second kappa shape index (κ2) is 4.66. The van der Waals surface area contributed by atoms with E-state index in [0.717, 1.165) is 18.6 Å². The van der Waals surface area contributed by atoms with E-state index in [-0.39, 0.29) is 0 Å². The van der Waals surface area contributed by atoms with Crippen LogP contribution in [0.3, 0.4) is 0 Å². The first-order valence-corrected chi connectivity index (χ1v) is 6.35. The van der Waals surface area contributed by atoms with Crippen LogP contribution in [0.15, 0.2) is 36.4 Å². The quantitative estimate of drug-likeness (QED) is 0.831. The van der Waals surface area contributed by atoms with Gasteiger partial charge in [0, 0.05) is 5.69 Å². The van der Waals surface area contributed by atoms with E-state index in [9.17, 15) is 0 Å². The number of rotatable bonds is 2. The highest BCUT2D eigenvalue weighted by molar-refractivity contribution is 5.54. The number of nitriles is 1. The maximum Gasteiger partial charge on any atom is 0.145 e. The van der Waals surface area contributed by atoms with Crippen LogP contribution in [0.25, 0.3) is 0 Å². The molecule has 3 heteroatoms. The van der Waals surface area contributed by atoms with E-state index in [1.807, 2.05) is 6.07 Å². The third-order valence-electron chi connectivity index (χ3n) is 3.42. The van der Waals surface area contributed by atoms with E-state index in [2.05, 4.69) is 18.2 Å². The summed E-state index contributed by atoms with van der Waals surface area (Å²) in [5.74, 6) is 1.33. The molecule has 1 aliphatic carbocycles. The Bertz CT molecular complexity index is 671. The first kappa shape index (κ1) is 11.6. The van der Waals surface area contributed by atoms with Crippen LogP contribution in [0.5, 0.6) is 11.5 Å². The number of nitrogens with zero attached hydrogens (tertiary/aromatic N) is 1. The second-order valence-electron chi connectivity index (χ2n) is 4.75. The molecule has 2 aromatic rings. The largest absolute Gasteiger partial charge is 0.456 e. The Hall–Kier alpha value is -2.47. The molecule has 2 N–H and O–H groups in total. The minimum absolute atomic E-state index is 0.459. The lowest BCUT2D eigenvalue weighted by atomic mass is 10.1. The van der Waals surface area contributed by atoms with Crippen molar-refractivity contribution in [2.45, 2.75) is 19.3 Å². The number of anilines is 1. The van der Waals surface area contributed by atoms with Gasteiger partial charge in [0.15, 0.2) is 0 Å². The molecule has 0 amide bonds. The van der Waals surface area contributed by atoms with Crippen molar-refractivity contribution < 1.29 is 4.74 Å². The number of nitrogen functional groups attached to an aromatic ring is 1. The van der Waals surface area contributed by atoms with Crippen LogP contribution in [-0.4, -0.2) is 0 Å². The minimum atomic E-state index is 0.459. The lowest BCUT2D eigenvalue weighted by Gasteiger charge is -2.09. The molecule has 0 fully saturated rings. The molecule has 94 valence electrons. The number of aryl methyl sites for hydroxylation is 2. The van der Waals surface area contributed by atoms with Crippen molar-refractivity contribution >= 4 is 5.69 Å². The van der Waals surface area contributed by atoms with Crippen molar-refractivity contribution in [1.82, 2.24) is 0 Å². The normalized spacial score (nSPS) is 12.8. The van der Waals surface area contributed by atoms with Gasteiger partial charge in [-0.2, -0.15) is 5.26 Å². The molecule has 0 saturated heterocycles. The Morgan fingerprint density at radius 2 is 1.89 bits per heavy atom. The molecular weight excluding hydrogens is 236 g/mol. The zero-order valence-electron chi connectivity index (χ0n) is 10.5. The third-order valence-corrected chi connectivity index (χ3v) is 3.42. The second-order valence-corrected chi connectivity index (χ2v) is 4.75. The molecule has 3 nitrogen and oxygen atoms in total. The Labute approximate surface area is 112 Å². The third kappa shape index (κ3) is 2.25. The van der Waals surface area contributed by atoms with Crippen molar-refractivity contribution in [3.8, 4) is 17.6 Å². The molecule has 0 aliphatic heterocycles. The zero-order valence-corrected chi connectivity index (χ0v) is 10.5. The van der Waals surface area contributed by atoms with E-state index in [1.165, 1.54) is 17.5 Å². The van der Waals surface area contributed by atoms with Gasteiger partial charge in [0.25, 0.3) is 0 Å². The van der Waals surface area contributed by atoms with Crippen molar-refractivity contribution in [2.75, 3.05) is 5.73 Å². The van der Waals surface area contributed by atoms with Crippen LogP contribution < -0.4 is 10.5 Å². The van der Waals surface area contributed by atoms with Crippen LogP contribution in [0, 0.1) is 11.3 Å². The fourth-order valence-electron chi connectivity index (χ4n) is 2.46. The van der Waals surface area contributed by atoms with Gasteiger partial charge in [0.1, 0.15) is 17.6 Å². The highest BCUT2D eigenvalue weighted by atomic mass is 16.5. The molecular formula is C16H14N2O. The summed E-state index contributed by atoms with van der Waals surface area (Å²) < 4.78 is 5.80. The van der Waals surface area contributed by atoms with Gasteiger partial charge >= 0.3 is 0 Å². The Morgan fingerprint density at radius 1 is 1.05 bits per heavy atom. The van der Waals surface area contributed by atoms with E-state index in [4.69, 9.17) is 15.7 Å². The number of nitrogens with two attached hydrogens (primary N) is 1. The lowest BCUT2D eigenvalue weighted by molar-refractivity contribution is 0.480. The monoisotopic (exact) mass is 250 g/mol. The first-order chi connectivity index (χ1) is 9.26. The molecule has 0 aromatic heterocycles. The summed E-state index contributed by atoms with van der Waals surface area (Å²) in [7, 11) is 0. The van der Waals surface area contributed by atoms with Crippen molar-refractivity contribution in [3.05, 3.63) is 53.1 Å². The number of fused-ring (bicyclic) bond motifs is 1. The van der Waals surface area contributed by atoms with Gasteiger partial charge in [-0.15, -0.1) is 0 Å². The topological polar surface area (TPSA) is 59.0 Å². The molecule has 0 spiro atoms. The molecule has 1 aliphatic rings. The number of ether oxygens (including phenoxy) is 1. The van der Waals surface area contributed by atoms with Gasteiger partial charge in [-0.05, 0) is 60.7 Å². The van der Waals surface area contributed by atoms with Gasteiger partial charge in [-0.3, -0.25) is 0 Å². The van der Waals surface area contributed by atoms with Crippen molar-refractivity contribution in [3.63, 3.8) is 0 Å². The smallest absolute Gasteiger partial charge is 0.145 e. The van der Waals surface area contributed by atoms with Crippen LogP contribution in [0.4, 0.5) is 5.69 Å². The number of benzene rings is 2. The standard InChI is InChI=1S/C16H14N2O/c17-10-13-8-14(18)5-7-16(13)19-15-6-4-11-2-1-3-12(11)9-15/h4-9H,1-3,18H2. The van der Waals surface area contributed by atoms with E-state index in [0.29, 0.717) is 17.0 Å². The molecule has 2 aromatic carbocycles. The summed E-state index contributed by atoms with van der Waals surface area (Å²) in [5.41, 5.74) is 9.45. The fraction of sp³-hybridized carbons (Fsp3) is 0.188. The molecule has 0 unspecified atom stereocenters. The van der Waals surface area contributed by atoms with E-state index >= 15 is 0 Å². The SMILES string of the molecule is N#Cc1cc(N)ccc1Oc1ccc2c(c1)CCC2. The zero-order chi connectivity index (χ0) is 13.2. The number of hydrogen-bond donors (Lipinski definition) is 1. The maximum atomic E-state index is 9.09.